The Morgan fingerprint density at radius 3 is 2.58 bits per heavy atom. The predicted molar refractivity (Wildman–Crippen MR) is 122 cm³/mol. The molecule has 172 valence electrons. The molecule has 8 heteroatoms. The molecule has 0 aliphatic carbocycles. The Hall–Kier alpha value is -3.68. The van der Waals surface area contributed by atoms with Gasteiger partial charge in [0.05, 0.1) is 19.7 Å². The van der Waals surface area contributed by atoms with Gasteiger partial charge >= 0.3 is 0 Å². The Bertz CT molecular complexity index is 1200. The number of aromatic nitrogens is 3. The van der Waals surface area contributed by atoms with E-state index in [9.17, 15) is 9.18 Å². The van der Waals surface area contributed by atoms with E-state index in [1.165, 1.54) is 12.1 Å². The standard InChI is InChI=1S/C25H27FN4O3/c1-16(19-7-9-20(26)10-8-19)29-14-25(3,4)33-23(24(29)31)13-18-6-11-21(22(12-18)32-5)30-15-27-17(2)28-30/h6-13,15-16H,14H2,1-5H3/t16-/m0/s1. The van der Waals surface area contributed by atoms with E-state index in [1.54, 1.807) is 41.2 Å². The molecule has 0 unspecified atom stereocenters. The van der Waals surface area contributed by atoms with Crippen LogP contribution in [0.1, 0.15) is 43.8 Å². The lowest BCUT2D eigenvalue weighted by molar-refractivity contribution is -0.149. The van der Waals surface area contributed by atoms with E-state index < -0.39 is 5.60 Å². The van der Waals surface area contributed by atoms with E-state index in [2.05, 4.69) is 10.1 Å². The third-order valence-electron chi connectivity index (χ3n) is 5.58. The van der Waals surface area contributed by atoms with Crippen LogP contribution in [0.25, 0.3) is 11.8 Å². The minimum Gasteiger partial charge on any atom is -0.494 e. The van der Waals surface area contributed by atoms with Gasteiger partial charge in [-0.25, -0.2) is 14.1 Å². The van der Waals surface area contributed by atoms with Gasteiger partial charge in [0.1, 0.15) is 35.0 Å². The fraction of sp³-hybridized carbons (Fsp3) is 0.320. The van der Waals surface area contributed by atoms with Crippen molar-refractivity contribution < 1.29 is 18.7 Å². The lowest BCUT2D eigenvalue weighted by Gasteiger charge is -2.42. The quantitative estimate of drug-likeness (QED) is 0.537. The smallest absolute Gasteiger partial charge is 0.289 e. The van der Waals surface area contributed by atoms with Gasteiger partial charge in [-0.2, -0.15) is 5.10 Å². The topological polar surface area (TPSA) is 69.5 Å². The molecule has 4 rings (SSSR count). The number of carbonyl (C=O) groups is 1. The van der Waals surface area contributed by atoms with Crippen molar-refractivity contribution in [3.8, 4) is 11.4 Å². The summed E-state index contributed by atoms with van der Waals surface area (Å²) in [4.78, 5) is 19.3. The minimum atomic E-state index is -0.587. The lowest BCUT2D eigenvalue weighted by Crippen LogP contribution is -2.51. The molecular formula is C25H27FN4O3. The fourth-order valence-electron chi connectivity index (χ4n) is 3.91. The number of ether oxygens (including phenoxy) is 2. The Kier molecular flexibility index (Phi) is 5.93. The number of benzene rings is 2. The molecule has 0 spiro atoms. The lowest BCUT2D eigenvalue weighted by atomic mass is 10.00. The van der Waals surface area contributed by atoms with Crippen molar-refractivity contribution in [3.05, 3.63) is 77.3 Å². The molecule has 1 aliphatic rings. The predicted octanol–water partition coefficient (Wildman–Crippen LogP) is 4.46. The molecule has 1 amide bonds. The number of rotatable bonds is 5. The number of halogens is 1. The van der Waals surface area contributed by atoms with Crippen LogP contribution in [-0.4, -0.2) is 44.8 Å². The molecule has 1 fully saturated rings. The van der Waals surface area contributed by atoms with Gasteiger partial charge in [-0.3, -0.25) is 4.79 Å². The van der Waals surface area contributed by atoms with Crippen molar-refractivity contribution in [2.45, 2.75) is 39.3 Å². The highest BCUT2D eigenvalue weighted by atomic mass is 19.1. The summed E-state index contributed by atoms with van der Waals surface area (Å²) < 4.78 is 26.6. The van der Waals surface area contributed by atoms with Crippen molar-refractivity contribution in [1.29, 1.82) is 0 Å². The van der Waals surface area contributed by atoms with Gasteiger partial charge in [0, 0.05) is 0 Å². The molecule has 1 saturated heterocycles. The summed E-state index contributed by atoms with van der Waals surface area (Å²) in [6, 6.07) is 11.5. The van der Waals surface area contributed by atoms with Gasteiger partial charge in [-0.15, -0.1) is 0 Å². The molecular weight excluding hydrogens is 423 g/mol. The first-order chi connectivity index (χ1) is 15.7. The maximum absolute atomic E-state index is 13.4. The Morgan fingerprint density at radius 1 is 1.21 bits per heavy atom. The summed E-state index contributed by atoms with van der Waals surface area (Å²) in [6.07, 6.45) is 3.34. The molecule has 0 saturated carbocycles. The van der Waals surface area contributed by atoms with Crippen LogP contribution in [0.4, 0.5) is 4.39 Å². The van der Waals surface area contributed by atoms with Crippen LogP contribution in [0.5, 0.6) is 5.75 Å². The van der Waals surface area contributed by atoms with E-state index >= 15 is 0 Å². The first kappa shape index (κ1) is 22.5. The average Bonchev–Trinajstić information content (AvgIpc) is 3.21. The van der Waals surface area contributed by atoms with Gasteiger partial charge in [0.15, 0.2) is 5.76 Å². The molecule has 3 aromatic rings. The summed E-state index contributed by atoms with van der Waals surface area (Å²) in [5.74, 6) is 0.960. The van der Waals surface area contributed by atoms with Gasteiger partial charge in [-0.1, -0.05) is 18.2 Å². The SMILES string of the molecule is COc1cc(C=C2OC(C)(C)CN([C@@H](C)c3ccc(F)cc3)C2=O)ccc1-n1cnc(C)n1. The molecule has 1 aromatic heterocycles. The molecule has 0 N–H and O–H groups in total. The highest BCUT2D eigenvalue weighted by Crippen LogP contribution is 2.33. The molecule has 33 heavy (non-hydrogen) atoms. The van der Waals surface area contributed by atoms with Crippen molar-refractivity contribution in [2.75, 3.05) is 13.7 Å². The fourth-order valence-corrected chi connectivity index (χ4v) is 3.91. The summed E-state index contributed by atoms with van der Waals surface area (Å²) in [6.45, 7) is 8.04. The van der Waals surface area contributed by atoms with Gasteiger partial charge in [0.25, 0.3) is 5.91 Å². The minimum absolute atomic E-state index is 0.221. The number of aryl methyl sites for hydroxylation is 1. The maximum Gasteiger partial charge on any atom is 0.289 e. The maximum atomic E-state index is 13.4. The van der Waals surface area contributed by atoms with E-state index in [4.69, 9.17) is 9.47 Å². The van der Waals surface area contributed by atoms with Crippen molar-refractivity contribution in [1.82, 2.24) is 19.7 Å². The number of amides is 1. The van der Waals surface area contributed by atoms with Crippen LogP contribution in [0, 0.1) is 12.7 Å². The van der Waals surface area contributed by atoms with E-state index in [1.807, 2.05) is 45.9 Å². The molecule has 2 aromatic carbocycles. The Labute approximate surface area is 192 Å². The van der Waals surface area contributed by atoms with Gasteiger partial charge in [0.2, 0.25) is 0 Å². The molecule has 2 heterocycles. The van der Waals surface area contributed by atoms with Crippen LogP contribution in [0.3, 0.4) is 0 Å². The highest BCUT2D eigenvalue weighted by molar-refractivity contribution is 5.97. The molecule has 0 radical (unpaired) electrons. The number of carbonyl (C=O) groups excluding carboxylic acids is 1. The molecule has 7 nitrogen and oxygen atoms in total. The van der Waals surface area contributed by atoms with Crippen LogP contribution >= 0.6 is 0 Å². The summed E-state index contributed by atoms with van der Waals surface area (Å²) in [7, 11) is 1.58. The van der Waals surface area contributed by atoms with Crippen LogP contribution in [-0.2, 0) is 9.53 Å². The van der Waals surface area contributed by atoms with E-state index in [0.29, 0.717) is 18.1 Å². The summed E-state index contributed by atoms with van der Waals surface area (Å²) >= 11 is 0. The second-order valence-corrected chi connectivity index (χ2v) is 8.70. The van der Waals surface area contributed by atoms with Gasteiger partial charge in [-0.05, 0) is 69.2 Å². The third-order valence-corrected chi connectivity index (χ3v) is 5.58. The van der Waals surface area contributed by atoms with Crippen LogP contribution < -0.4 is 4.74 Å². The molecule has 1 atom stereocenters. The Morgan fingerprint density at radius 2 is 1.94 bits per heavy atom. The second-order valence-electron chi connectivity index (χ2n) is 8.70. The number of methoxy groups -OCH3 is 1. The first-order valence-corrected chi connectivity index (χ1v) is 10.7. The number of hydrogen-bond donors (Lipinski definition) is 0. The second kappa shape index (κ2) is 8.69. The Balaban J connectivity index is 1.66. The summed E-state index contributed by atoms with van der Waals surface area (Å²) in [5, 5.41) is 4.33. The number of morpholine rings is 1. The van der Waals surface area contributed by atoms with Crippen molar-refractivity contribution in [2.24, 2.45) is 0 Å². The molecule has 1 aliphatic heterocycles. The third kappa shape index (κ3) is 4.74. The van der Waals surface area contributed by atoms with Crippen LogP contribution in [0.15, 0.2) is 54.6 Å². The zero-order chi connectivity index (χ0) is 23.8. The number of nitrogens with zero attached hydrogens (tertiary/aromatic N) is 4. The zero-order valence-corrected chi connectivity index (χ0v) is 19.4. The molecule has 0 bridgehead atoms. The monoisotopic (exact) mass is 450 g/mol. The normalized spacial score (nSPS) is 17.7. The largest absolute Gasteiger partial charge is 0.494 e. The summed E-state index contributed by atoms with van der Waals surface area (Å²) in [5.41, 5.74) is 1.76. The zero-order valence-electron chi connectivity index (χ0n) is 19.4. The average molecular weight is 451 g/mol. The highest BCUT2D eigenvalue weighted by Gasteiger charge is 2.39. The van der Waals surface area contributed by atoms with E-state index in [0.717, 1.165) is 16.8 Å². The van der Waals surface area contributed by atoms with Crippen molar-refractivity contribution >= 4 is 12.0 Å². The van der Waals surface area contributed by atoms with Crippen LogP contribution in [0.2, 0.25) is 0 Å². The number of hydrogen-bond acceptors (Lipinski definition) is 5. The van der Waals surface area contributed by atoms with Gasteiger partial charge < -0.3 is 14.4 Å². The van der Waals surface area contributed by atoms with E-state index in [-0.39, 0.29) is 23.5 Å². The first-order valence-electron chi connectivity index (χ1n) is 10.7. The van der Waals surface area contributed by atoms with Crippen molar-refractivity contribution in [3.63, 3.8) is 0 Å².